The molecule has 1 aromatic rings. The number of carbonyl (C=O) groups excluding carboxylic acids is 1. The minimum absolute atomic E-state index is 0.0377. The van der Waals surface area contributed by atoms with Crippen LogP contribution in [0.4, 0.5) is 0 Å². The zero-order valence-corrected chi connectivity index (χ0v) is 12.5. The molecule has 1 aromatic heterocycles. The molecule has 3 nitrogen and oxygen atoms in total. The Bertz CT molecular complexity index is 457. The Balaban J connectivity index is 2.03. The molecule has 0 atom stereocenters. The molecule has 0 radical (unpaired) electrons. The molecular weight excluding hydrogens is 283 g/mol. The van der Waals surface area contributed by atoms with Crippen LogP contribution in [0.2, 0.25) is 10.2 Å². The van der Waals surface area contributed by atoms with Gasteiger partial charge in [-0.05, 0) is 24.8 Å². The molecule has 5 heteroatoms. The van der Waals surface area contributed by atoms with Gasteiger partial charge in [0.1, 0.15) is 5.15 Å². The first-order chi connectivity index (χ1) is 9.11. The van der Waals surface area contributed by atoms with Gasteiger partial charge in [0, 0.05) is 19.3 Å². The van der Waals surface area contributed by atoms with Gasteiger partial charge in [-0.1, -0.05) is 43.0 Å². The molecule has 1 aliphatic heterocycles. The van der Waals surface area contributed by atoms with Crippen molar-refractivity contribution in [2.75, 3.05) is 13.1 Å². The van der Waals surface area contributed by atoms with Crippen LogP contribution in [0.5, 0.6) is 0 Å². The number of hydrogen-bond donors (Lipinski definition) is 0. The molecule has 2 rings (SSSR count). The van der Waals surface area contributed by atoms with Gasteiger partial charge < -0.3 is 4.90 Å². The standard InChI is InChI=1S/C14H18Cl2N2O/c1-2-3-10-4-6-18(7-5-10)14(19)11-8-13(16)17-9-12(11)15/h8-10H,2-7H2,1H3. The van der Waals surface area contributed by atoms with Crippen LogP contribution in [0, 0.1) is 5.92 Å². The lowest BCUT2D eigenvalue weighted by atomic mass is 9.92. The highest BCUT2D eigenvalue weighted by molar-refractivity contribution is 6.35. The van der Waals surface area contributed by atoms with Crippen molar-refractivity contribution in [1.29, 1.82) is 0 Å². The van der Waals surface area contributed by atoms with Crippen molar-refractivity contribution in [2.24, 2.45) is 5.92 Å². The van der Waals surface area contributed by atoms with Crippen molar-refractivity contribution in [3.8, 4) is 0 Å². The summed E-state index contributed by atoms with van der Waals surface area (Å²) in [6.07, 6.45) is 6.06. The Kier molecular flexibility index (Phi) is 5.06. The Morgan fingerprint density at radius 1 is 1.42 bits per heavy atom. The van der Waals surface area contributed by atoms with Gasteiger partial charge in [-0.2, -0.15) is 0 Å². The van der Waals surface area contributed by atoms with Gasteiger partial charge in [-0.3, -0.25) is 4.79 Å². The predicted octanol–water partition coefficient (Wildman–Crippen LogP) is 4.04. The number of aromatic nitrogens is 1. The average Bonchev–Trinajstić information content (AvgIpc) is 2.42. The molecule has 2 heterocycles. The van der Waals surface area contributed by atoms with Crippen LogP contribution in [0.3, 0.4) is 0 Å². The van der Waals surface area contributed by atoms with Crippen LogP contribution in [-0.4, -0.2) is 28.9 Å². The molecule has 0 aliphatic carbocycles. The highest BCUT2D eigenvalue weighted by atomic mass is 35.5. The number of nitrogens with zero attached hydrogens (tertiary/aromatic N) is 2. The van der Waals surface area contributed by atoms with Gasteiger partial charge in [-0.25, -0.2) is 4.98 Å². The van der Waals surface area contributed by atoms with E-state index in [9.17, 15) is 4.79 Å². The van der Waals surface area contributed by atoms with Crippen molar-refractivity contribution in [2.45, 2.75) is 32.6 Å². The third-order valence-corrected chi connectivity index (χ3v) is 4.16. The van der Waals surface area contributed by atoms with Crippen molar-refractivity contribution < 1.29 is 4.79 Å². The van der Waals surface area contributed by atoms with Crippen molar-refractivity contribution in [1.82, 2.24) is 9.88 Å². The van der Waals surface area contributed by atoms with E-state index >= 15 is 0 Å². The van der Waals surface area contributed by atoms with Crippen LogP contribution in [0.15, 0.2) is 12.3 Å². The number of carbonyl (C=O) groups is 1. The summed E-state index contributed by atoms with van der Waals surface area (Å²) in [7, 11) is 0. The smallest absolute Gasteiger partial charge is 0.255 e. The molecule has 1 amide bonds. The van der Waals surface area contributed by atoms with Crippen LogP contribution >= 0.6 is 23.2 Å². The van der Waals surface area contributed by atoms with Crippen LogP contribution in [0.1, 0.15) is 43.0 Å². The lowest BCUT2D eigenvalue weighted by Crippen LogP contribution is -2.38. The number of pyridine rings is 1. The summed E-state index contributed by atoms with van der Waals surface area (Å²) in [5, 5.41) is 0.665. The maximum Gasteiger partial charge on any atom is 0.255 e. The molecule has 0 N–H and O–H groups in total. The van der Waals surface area contributed by atoms with Gasteiger partial charge in [-0.15, -0.1) is 0 Å². The zero-order chi connectivity index (χ0) is 13.8. The van der Waals surface area contributed by atoms with Gasteiger partial charge in [0.2, 0.25) is 0 Å². The van der Waals surface area contributed by atoms with E-state index < -0.39 is 0 Å². The van der Waals surface area contributed by atoms with Crippen molar-refractivity contribution >= 4 is 29.1 Å². The fourth-order valence-corrected chi connectivity index (χ4v) is 2.92. The van der Waals surface area contributed by atoms with E-state index in [-0.39, 0.29) is 5.91 Å². The summed E-state index contributed by atoms with van der Waals surface area (Å²) < 4.78 is 0. The summed E-state index contributed by atoms with van der Waals surface area (Å²) in [5.74, 6) is 0.717. The molecule has 0 unspecified atom stereocenters. The van der Waals surface area contributed by atoms with Crippen LogP contribution in [-0.2, 0) is 0 Å². The minimum atomic E-state index is -0.0377. The Morgan fingerprint density at radius 3 is 2.74 bits per heavy atom. The first-order valence-corrected chi connectivity index (χ1v) is 7.47. The van der Waals surface area contributed by atoms with Gasteiger partial charge in [0.25, 0.3) is 5.91 Å². The van der Waals surface area contributed by atoms with E-state index in [2.05, 4.69) is 11.9 Å². The molecule has 1 saturated heterocycles. The zero-order valence-electron chi connectivity index (χ0n) is 11.0. The second-order valence-electron chi connectivity index (χ2n) is 5.01. The van der Waals surface area contributed by atoms with Crippen molar-refractivity contribution in [3.63, 3.8) is 0 Å². The highest BCUT2D eigenvalue weighted by Gasteiger charge is 2.24. The molecule has 1 fully saturated rings. The lowest BCUT2D eigenvalue weighted by molar-refractivity contribution is 0.0686. The maximum atomic E-state index is 12.4. The molecule has 0 bridgehead atoms. The molecule has 0 spiro atoms. The van der Waals surface area contributed by atoms with E-state index in [0.717, 1.165) is 31.8 Å². The average molecular weight is 301 g/mol. The van der Waals surface area contributed by atoms with E-state index in [0.29, 0.717) is 15.7 Å². The maximum absolute atomic E-state index is 12.4. The number of amides is 1. The molecule has 0 aromatic carbocycles. The second-order valence-corrected chi connectivity index (χ2v) is 5.81. The first kappa shape index (κ1) is 14.6. The fourth-order valence-electron chi connectivity index (χ4n) is 2.58. The summed E-state index contributed by atoms with van der Waals surface area (Å²) >= 11 is 11.8. The normalized spacial score (nSPS) is 16.7. The van der Waals surface area contributed by atoms with Gasteiger partial charge in [0.15, 0.2) is 0 Å². The number of halogens is 2. The predicted molar refractivity (Wildman–Crippen MR) is 77.8 cm³/mol. The Morgan fingerprint density at radius 2 is 2.11 bits per heavy atom. The molecule has 19 heavy (non-hydrogen) atoms. The van der Waals surface area contributed by atoms with Crippen molar-refractivity contribution in [3.05, 3.63) is 28.0 Å². The number of rotatable bonds is 3. The first-order valence-electron chi connectivity index (χ1n) is 6.72. The number of likely N-dealkylation sites (tertiary alicyclic amines) is 1. The van der Waals surface area contributed by atoms with Crippen LogP contribution in [0.25, 0.3) is 0 Å². The molecule has 104 valence electrons. The summed E-state index contributed by atoms with van der Waals surface area (Å²) in [6, 6.07) is 1.55. The topological polar surface area (TPSA) is 33.2 Å². The highest BCUT2D eigenvalue weighted by Crippen LogP contribution is 2.25. The minimum Gasteiger partial charge on any atom is -0.339 e. The Labute approximate surface area is 123 Å². The number of piperidine rings is 1. The van der Waals surface area contributed by atoms with Gasteiger partial charge in [0.05, 0.1) is 10.6 Å². The van der Waals surface area contributed by atoms with Gasteiger partial charge >= 0.3 is 0 Å². The lowest BCUT2D eigenvalue weighted by Gasteiger charge is -2.32. The Hall–Kier alpha value is -0.800. The number of hydrogen-bond acceptors (Lipinski definition) is 2. The quantitative estimate of drug-likeness (QED) is 0.789. The monoisotopic (exact) mass is 300 g/mol. The third kappa shape index (κ3) is 3.61. The van der Waals surface area contributed by atoms with E-state index in [1.165, 1.54) is 19.0 Å². The largest absolute Gasteiger partial charge is 0.339 e. The summed E-state index contributed by atoms with van der Waals surface area (Å²) in [6.45, 7) is 3.82. The SMILES string of the molecule is CCCC1CCN(C(=O)c2cc(Cl)ncc2Cl)CC1. The molecule has 0 saturated carbocycles. The second kappa shape index (κ2) is 6.58. The van der Waals surface area contributed by atoms with E-state index in [1.807, 2.05) is 4.90 Å². The summed E-state index contributed by atoms with van der Waals surface area (Å²) in [4.78, 5) is 18.1. The molecule has 1 aliphatic rings. The van der Waals surface area contributed by atoms with E-state index in [4.69, 9.17) is 23.2 Å². The fraction of sp³-hybridized carbons (Fsp3) is 0.571. The van der Waals surface area contributed by atoms with E-state index in [1.54, 1.807) is 6.07 Å². The van der Waals surface area contributed by atoms with Crippen LogP contribution < -0.4 is 0 Å². The molecular formula is C14H18Cl2N2O. The summed E-state index contributed by atoms with van der Waals surface area (Å²) in [5.41, 5.74) is 0.454. The third-order valence-electron chi connectivity index (χ3n) is 3.65.